The Labute approximate surface area is 64.3 Å². The Morgan fingerprint density at radius 2 is 2.10 bits per heavy atom. The first-order chi connectivity index (χ1) is 4.66. The third-order valence-corrected chi connectivity index (χ3v) is 2.69. The van der Waals surface area contributed by atoms with Crippen molar-refractivity contribution in [1.82, 2.24) is 0 Å². The summed E-state index contributed by atoms with van der Waals surface area (Å²) in [6.45, 7) is 8.58. The lowest BCUT2D eigenvalue weighted by Crippen LogP contribution is -1.92. The fourth-order valence-corrected chi connectivity index (χ4v) is 1.12. The van der Waals surface area contributed by atoms with E-state index in [1.165, 1.54) is 31.3 Å². The minimum atomic E-state index is 0.720. The van der Waals surface area contributed by atoms with E-state index < -0.39 is 0 Å². The maximum absolute atomic E-state index is 4.00. The van der Waals surface area contributed by atoms with Crippen LogP contribution < -0.4 is 0 Å². The van der Waals surface area contributed by atoms with E-state index >= 15 is 0 Å². The minimum Gasteiger partial charge on any atom is -0.0999 e. The highest BCUT2D eigenvalue weighted by molar-refractivity contribution is 4.97. The summed E-state index contributed by atoms with van der Waals surface area (Å²) < 4.78 is 0. The predicted molar refractivity (Wildman–Crippen MR) is 46.0 cm³/mol. The Balaban J connectivity index is 2.10. The number of rotatable bonds is 4. The third kappa shape index (κ3) is 2.17. The van der Waals surface area contributed by atoms with E-state index in [0.717, 1.165) is 11.8 Å². The topological polar surface area (TPSA) is 0 Å². The smallest absolute Gasteiger partial charge is 0.0318 e. The second-order valence-electron chi connectivity index (χ2n) is 3.91. The highest BCUT2D eigenvalue weighted by Gasteiger charge is 2.36. The standard InChI is InChI=1S/C10H18/c1-4-9(2)5-6-10(3)7-8-10/h2,4-8H2,1,3H3. The average Bonchev–Trinajstić information content (AvgIpc) is 2.64. The Hall–Kier alpha value is -0.260. The second kappa shape index (κ2) is 2.77. The average molecular weight is 138 g/mol. The van der Waals surface area contributed by atoms with Crippen molar-refractivity contribution in [2.24, 2.45) is 5.41 Å². The molecule has 58 valence electrons. The van der Waals surface area contributed by atoms with Crippen molar-refractivity contribution in [1.29, 1.82) is 0 Å². The van der Waals surface area contributed by atoms with Crippen molar-refractivity contribution in [3.8, 4) is 0 Å². The molecule has 0 bridgehead atoms. The van der Waals surface area contributed by atoms with Crippen LogP contribution in [0.2, 0.25) is 0 Å². The quantitative estimate of drug-likeness (QED) is 0.521. The van der Waals surface area contributed by atoms with Crippen molar-refractivity contribution in [3.63, 3.8) is 0 Å². The molecule has 0 aliphatic heterocycles. The Kier molecular flexibility index (Phi) is 2.18. The summed E-state index contributed by atoms with van der Waals surface area (Å²) in [5.41, 5.74) is 2.14. The molecule has 0 aromatic rings. The van der Waals surface area contributed by atoms with Crippen LogP contribution in [0, 0.1) is 5.41 Å². The molecule has 1 saturated carbocycles. The Morgan fingerprint density at radius 1 is 1.50 bits per heavy atom. The highest BCUT2D eigenvalue weighted by atomic mass is 14.4. The van der Waals surface area contributed by atoms with Crippen LogP contribution in [-0.4, -0.2) is 0 Å². The molecule has 0 radical (unpaired) electrons. The van der Waals surface area contributed by atoms with Crippen LogP contribution in [0.1, 0.15) is 46.0 Å². The third-order valence-electron chi connectivity index (χ3n) is 2.69. The molecule has 10 heavy (non-hydrogen) atoms. The van der Waals surface area contributed by atoms with Gasteiger partial charge in [0.25, 0.3) is 0 Å². The Bertz CT molecular complexity index is 129. The molecule has 0 atom stereocenters. The van der Waals surface area contributed by atoms with Crippen molar-refractivity contribution < 1.29 is 0 Å². The maximum atomic E-state index is 4.00. The van der Waals surface area contributed by atoms with Gasteiger partial charge in [0.1, 0.15) is 0 Å². The molecule has 1 aliphatic carbocycles. The van der Waals surface area contributed by atoms with Gasteiger partial charge in [0, 0.05) is 0 Å². The Morgan fingerprint density at radius 3 is 2.50 bits per heavy atom. The first-order valence-electron chi connectivity index (χ1n) is 4.33. The molecular formula is C10H18. The summed E-state index contributed by atoms with van der Waals surface area (Å²) in [6, 6.07) is 0. The predicted octanol–water partition coefficient (Wildman–Crippen LogP) is 3.53. The lowest BCUT2D eigenvalue weighted by atomic mass is 9.99. The minimum absolute atomic E-state index is 0.720. The zero-order valence-corrected chi connectivity index (χ0v) is 7.24. The summed E-state index contributed by atoms with van der Waals surface area (Å²) in [4.78, 5) is 0. The molecule has 0 aromatic heterocycles. The molecule has 1 aliphatic rings. The van der Waals surface area contributed by atoms with E-state index in [9.17, 15) is 0 Å². The molecule has 0 saturated heterocycles. The van der Waals surface area contributed by atoms with Gasteiger partial charge in [-0.3, -0.25) is 0 Å². The highest BCUT2D eigenvalue weighted by Crippen LogP contribution is 2.49. The molecule has 1 fully saturated rings. The van der Waals surface area contributed by atoms with E-state index in [-0.39, 0.29) is 0 Å². The number of allylic oxidation sites excluding steroid dienone is 1. The largest absolute Gasteiger partial charge is 0.0999 e. The normalized spacial score (nSPS) is 20.6. The monoisotopic (exact) mass is 138 g/mol. The summed E-state index contributed by atoms with van der Waals surface area (Å²) in [5.74, 6) is 0. The van der Waals surface area contributed by atoms with Crippen LogP contribution in [0.3, 0.4) is 0 Å². The van der Waals surface area contributed by atoms with Crippen LogP contribution in [-0.2, 0) is 0 Å². The molecule has 0 unspecified atom stereocenters. The summed E-state index contributed by atoms with van der Waals surface area (Å²) in [7, 11) is 0. The molecular weight excluding hydrogens is 120 g/mol. The van der Waals surface area contributed by atoms with Crippen LogP contribution in [0.25, 0.3) is 0 Å². The van der Waals surface area contributed by atoms with Gasteiger partial charge in [-0.2, -0.15) is 0 Å². The first kappa shape index (κ1) is 7.84. The number of hydrogen-bond donors (Lipinski definition) is 0. The fraction of sp³-hybridized carbons (Fsp3) is 0.800. The van der Waals surface area contributed by atoms with Crippen LogP contribution in [0.15, 0.2) is 12.2 Å². The van der Waals surface area contributed by atoms with E-state index in [0.29, 0.717) is 0 Å². The van der Waals surface area contributed by atoms with Crippen LogP contribution >= 0.6 is 0 Å². The van der Waals surface area contributed by atoms with Gasteiger partial charge in [0.15, 0.2) is 0 Å². The summed E-state index contributed by atoms with van der Waals surface area (Å²) >= 11 is 0. The molecule has 1 rings (SSSR count). The van der Waals surface area contributed by atoms with E-state index in [2.05, 4.69) is 20.4 Å². The molecule has 0 heterocycles. The van der Waals surface area contributed by atoms with E-state index in [1.807, 2.05) is 0 Å². The van der Waals surface area contributed by atoms with Gasteiger partial charge in [0.05, 0.1) is 0 Å². The molecule has 0 amide bonds. The molecule has 0 spiro atoms. The van der Waals surface area contributed by atoms with Gasteiger partial charge >= 0.3 is 0 Å². The molecule has 0 nitrogen and oxygen atoms in total. The van der Waals surface area contributed by atoms with Crippen LogP contribution in [0.4, 0.5) is 0 Å². The second-order valence-corrected chi connectivity index (χ2v) is 3.91. The lowest BCUT2D eigenvalue weighted by Gasteiger charge is -2.07. The first-order valence-corrected chi connectivity index (χ1v) is 4.33. The van der Waals surface area contributed by atoms with Crippen LogP contribution in [0.5, 0.6) is 0 Å². The zero-order valence-electron chi connectivity index (χ0n) is 7.24. The summed E-state index contributed by atoms with van der Waals surface area (Å²) in [5, 5.41) is 0. The van der Waals surface area contributed by atoms with Gasteiger partial charge in [-0.1, -0.05) is 26.0 Å². The van der Waals surface area contributed by atoms with Gasteiger partial charge in [-0.25, -0.2) is 0 Å². The van der Waals surface area contributed by atoms with E-state index in [4.69, 9.17) is 0 Å². The van der Waals surface area contributed by atoms with Crippen molar-refractivity contribution >= 4 is 0 Å². The fourth-order valence-electron chi connectivity index (χ4n) is 1.12. The zero-order chi connectivity index (χ0) is 7.61. The van der Waals surface area contributed by atoms with Crippen molar-refractivity contribution in [3.05, 3.63) is 12.2 Å². The van der Waals surface area contributed by atoms with E-state index in [1.54, 1.807) is 0 Å². The molecule has 0 N–H and O–H groups in total. The van der Waals surface area contributed by atoms with Gasteiger partial charge < -0.3 is 0 Å². The van der Waals surface area contributed by atoms with Crippen molar-refractivity contribution in [2.45, 2.75) is 46.0 Å². The molecule has 0 heteroatoms. The maximum Gasteiger partial charge on any atom is -0.0318 e. The van der Waals surface area contributed by atoms with Gasteiger partial charge in [-0.05, 0) is 37.5 Å². The number of hydrogen-bond acceptors (Lipinski definition) is 0. The molecule has 0 aromatic carbocycles. The SMILES string of the molecule is C=C(CC)CCC1(C)CC1. The van der Waals surface area contributed by atoms with Gasteiger partial charge in [-0.15, -0.1) is 0 Å². The summed E-state index contributed by atoms with van der Waals surface area (Å²) in [6.07, 6.45) is 6.69. The van der Waals surface area contributed by atoms with Crippen molar-refractivity contribution in [2.75, 3.05) is 0 Å². The lowest BCUT2D eigenvalue weighted by molar-refractivity contribution is 0.514. The van der Waals surface area contributed by atoms with Gasteiger partial charge in [0.2, 0.25) is 0 Å².